The van der Waals surface area contributed by atoms with Crippen LogP contribution in [0.15, 0.2) is 35.9 Å². The molecule has 1 heteroatoms. The van der Waals surface area contributed by atoms with E-state index in [4.69, 9.17) is 5.11 Å². The standard InChI is InChI=1S/C12H16O/c1-2-11(8-9-13)10-12-6-4-3-5-7-12/h3-7,10,13H,2,8-9H2,1H3. The average molecular weight is 176 g/mol. The molecule has 0 fully saturated rings. The summed E-state index contributed by atoms with van der Waals surface area (Å²) >= 11 is 0. The number of hydrogen-bond acceptors (Lipinski definition) is 1. The fourth-order valence-electron chi connectivity index (χ4n) is 1.28. The number of hydrogen-bond donors (Lipinski definition) is 1. The van der Waals surface area contributed by atoms with E-state index in [1.54, 1.807) is 0 Å². The van der Waals surface area contributed by atoms with E-state index in [1.165, 1.54) is 11.1 Å². The van der Waals surface area contributed by atoms with E-state index < -0.39 is 0 Å². The van der Waals surface area contributed by atoms with Crippen LogP contribution in [0.4, 0.5) is 0 Å². The Balaban J connectivity index is 2.73. The summed E-state index contributed by atoms with van der Waals surface area (Å²) in [7, 11) is 0. The smallest absolute Gasteiger partial charge is 0.0468 e. The summed E-state index contributed by atoms with van der Waals surface area (Å²) in [6.45, 7) is 2.36. The van der Waals surface area contributed by atoms with Crippen LogP contribution in [0, 0.1) is 0 Å². The van der Waals surface area contributed by atoms with Gasteiger partial charge >= 0.3 is 0 Å². The summed E-state index contributed by atoms with van der Waals surface area (Å²) in [5.41, 5.74) is 2.52. The molecule has 0 aliphatic heterocycles. The van der Waals surface area contributed by atoms with Crippen LogP contribution >= 0.6 is 0 Å². The topological polar surface area (TPSA) is 20.2 Å². The Morgan fingerprint density at radius 3 is 2.54 bits per heavy atom. The first-order chi connectivity index (χ1) is 6.36. The fourth-order valence-corrected chi connectivity index (χ4v) is 1.28. The molecule has 0 saturated carbocycles. The molecule has 0 aromatic heterocycles. The zero-order valence-electron chi connectivity index (χ0n) is 8.03. The summed E-state index contributed by atoms with van der Waals surface area (Å²) < 4.78 is 0. The molecular weight excluding hydrogens is 160 g/mol. The second-order valence-corrected chi connectivity index (χ2v) is 3.04. The molecular formula is C12H16O. The van der Waals surface area contributed by atoms with Gasteiger partial charge in [0.2, 0.25) is 0 Å². The van der Waals surface area contributed by atoms with Crippen LogP contribution < -0.4 is 0 Å². The van der Waals surface area contributed by atoms with Crippen molar-refractivity contribution in [2.75, 3.05) is 6.61 Å². The van der Waals surface area contributed by atoms with Gasteiger partial charge in [0.15, 0.2) is 0 Å². The zero-order chi connectivity index (χ0) is 9.52. The molecule has 0 heterocycles. The minimum absolute atomic E-state index is 0.243. The number of aliphatic hydroxyl groups is 1. The molecule has 1 rings (SSSR count). The van der Waals surface area contributed by atoms with Gasteiger partial charge in [-0.1, -0.05) is 48.9 Å². The predicted molar refractivity (Wildman–Crippen MR) is 56.4 cm³/mol. The van der Waals surface area contributed by atoms with Gasteiger partial charge in [-0.15, -0.1) is 0 Å². The summed E-state index contributed by atoms with van der Waals surface area (Å²) in [5.74, 6) is 0. The zero-order valence-corrected chi connectivity index (χ0v) is 8.03. The summed E-state index contributed by atoms with van der Waals surface area (Å²) in [5, 5.41) is 8.80. The molecule has 0 saturated heterocycles. The van der Waals surface area contributed by atoms with E-state index >= 15 is 0 Å². The first-order valence-corrected chi connectivity index (χ1v) is 4.72. The molecule has 0 amide bonds. The number of benzene rings is 1. The molecule has 13 heavy (non-hydrogen) atoms. The summed E-state index contributed by atoms with van der Waals surface area (Å²) in [4.78, 5) is 0. The van der Waals surface area contributed by atoms with E-state index in [9.17, 15) is 0 Å². The second kappa shape index (κ2) is 5.55. The van der Waals surface area contributed by atoms with Gasteiger partial charge in [-0.05, 0) is 18.4 Å². The Bertz CT molecular complexity index is 262. The molecule has 0 atom stereocenters. The lowest BCUT2D eigenvalue weighted by Gasteiger charge is -2.01. The third kappa shape index (κ3) is 3.43. The molecule has 0 aliphatic rings. The third-order valence-electron chi connectivity index (χ3n) is 2.06. The maximum absolute atomic E-state index is 8.80. The van der Waals surface area contributed by atoms with E-state index in [1.807, 2.05) is 18.2 Å². The van der Waals surface area contributed by atoms with Crippen molar-refractivity contribution in [3.8, 4) is 0 Å². The van der Waals surface area contributed by atoms with E-state index in [-0.39, 0.29) is 6.61 Å². The summed E-state index contributed by atoms with van der Waals surface area (Å²) in [6.07, 6.45) is 3.94. The van der Waals surface area contributed by atoms with Crippen LogP contribution in [-0.2, 0) is 0 Å². The predicted octanol–water partition coefficient (Wildman–Crippen LogP) is 2.86. The molecule has 1 aromatic rings. The molecule has 1 N–H and O–H groups in total. The van der Waals surface area contributed by atoms with E-state index in [2.05, 4.69) is 25.1 Å². The van der Waals surface area contributed by atoms with Crippen LogP contribution in [0.1, 0.15) is 25.3 Å². The van der Waals surface area contributed by atoms with Crippen molar-refractivity contribution < 1.29 is 5.11 Å². The fraction of sp³-hybridized carbons (Fsp3) is 0.333. The molecule has 0 bridgehead atoms. The van der Waals surface area contributed by atoms with E-state index in [0.717, 1.165) is 12.8 Å². The Hall–Kier alpha value is -1.08. The minimum Gasteiger partial charge on any atom is -0.396 e. The molecule has 1 aromatic carbocycles. The quantitative estimate of drug-likeness (QED) is 0.748. The Labute approximate surface area is 79.7 Å². The highest BCUT2D eigenvalue weighted by Gasteiger charge is 1.93. The Morgan fingerprint density at radius 1 is 1.31 bits per heavy atom. The molecule has 0 unspecified atom stereocenters. The maximum atomic E-state index is 8.80. The lowest BCUT2D eigenvalue weighted by atomic mass is 10.1. The molecule has 0 radical (unpaired) electrons. The van der Waals surface area contributed by atoms with Crippen molar-refractivity contribution in [2.45, 2.75) is 19.8 Å². The second-order valence-electron chi connectivity index (χ2n) is 3.04. The van der Waals surface area contributed by atoms with Gasteiger partial charge in [-0.25, -0.2) is 0 Å². The van der Waals surface area contributed by atoms with Crippen molar-refractivity contribution in [1.82, 2.24) is 0 Å². The highest BCUT2D eigenvalue weighted by Crippen LogP contribution is 2.12. The number of aliphatic hydroxyl groups excluding tert-OH is 1. The molecule has 0 aliphatic carbocycles. The van der Waals surface area contributed by atoms with Gasteiger partial charge in [-0.3, -0.25) is 0 Å². The van der Waals surface area contributed by atoms with Crippen LogP contribution in [0.2, 0.25) is 0 Å². The molecule has 1 nitrogen and oxygen atoms in total. The first-order valence-electron chi connectivity index (χ1n) is 4.72. The maximum Gasteiger partial charge on any atom is 0.0468 e. The van der Waals surface area contributed by atoms with Crippen LogP contribution in [0.5, 0.6) is 0 Å². The average Bonchev–Trinajstić information content (AvgIpc) is 2.19. The molecule has 0 spiro atoms. The highest BCUT2D eigenvalue weighted by molar-refractivity contribution is 5.52. The number of rotatable bonds is 4. The van der Waals surface area contributed by atoms with Crippen molar-refractivity contribution in [3.05, 3.63) is 41.5 Å². The lowest BCUT2D eigenvalue weighted by molar-refractivity contribution is 0.298. The Kier molecular flexibility index (Phi) is 4.27. The van der Waals surface area contributed by atoms with Crippen LogP contribution in [0.3, 0.4) is 0 Å². The van der Waals surface area contributed by atoms with Gasteiger partial charge in [0.25, 0.3) is 0 Å². The lowest BCUT2D eigenvalue weighted by Crippen LogP contribution is -1.87. The van der Waals surface area contributed by atoms with Crippen molar-refractivity contribution >= 4 is 6.08 Å². The molecule has 70 valence electrons. The Morgan fingerprint density at radius 2 is 2.00 bits per heavy atom. The van der Waals surface area contributed by atoms with Gasteiger partial charge < -0.3 is 5.11 Å². The van der Waals surface area contributed by atoms with Crippen molar-refractivity contribution in [3.63, 3.8) is 0 Å². The van der Waals surface area contributed by atoms with Gasteiger partial charge in [0.1, 0.15) is 0 Å². The summed E-state index contributed by atoms with van der Waals surface area (Å²) in [6, 6.07) is 10.2. The third-order valence-corrected chi connectivity index (χ3v) is 2.06. The highest BCUT2D eigenvalue weighted by atomic mass is 16.2. The van der Waals surface area contributed by atoms with Crippen molar-refractivity contribution in [1.29, 1.82) is 0 Å². The largest absolute Gasteiger partial charge is 0.396 e. The SMILES string of the molecule is CCC(=Cc1ccccc1)CCO. The van der Waals surface area contributed by atoms with Crippen LogP contribution in [-0.4, -0.2) is 11.7 Å². The monoisotopic (exact) mass is 176 g/mol. The van der Waals surface area contributed by atoms with Gasteiger partial charge in [-0.2, -0.15) is 0 Å². The van der Waals surface area contributed by atoms with Gasteiger partial charge in [0, 0.05) is 6.61 Å². The van der Waals surface area contributed by atoms with Gasteiger partial charge in [0.05, 0.1) is 0 Å². The van der Waals surface area contributed by atoms with Crippen LogP contribution in [0.25, 0.3) is 6.08 Å². The first kappa shape index (κ1) is 10.0. The minimum atomic E-state index is 0.243. The van der Waals surface area contributed by atoms with Crippen molar-refractivity contribution in [2.24, 2.45) is 0 Å². The normalized spacial score (nSPS) is 11.7. The van der Waals surface area contributed by atoms with E-state index in [0.29, 0.717) is 0 Å².